The number of rotatable bonds is 5. The van der Waals surface area contributed by atoms with Gasteiger partial charge in [0.2, 0.25) is 0 Å². The second-order valence-corrected chi connectivity index (χ2v) is 3.35. The standard InChI is InChI=1S/C11H15NO4/c1-3-16-7-6-12-8(2)4-5-9(10(12)13)11(14)15/h4-5H,3,6-7H2,1-2H3,(H,14,15). The van der Waals surface area contributed by atoms with Crippen LogP contribution in [0.2, 0.25) is 0 Å². The highest BCUT2D eigenvalue weighted by Crippen LogP contribution is 1.99. The maximum atomic E-state index is 11.8. The van der Waals surface area contributed by atoms with Gasteiger partial charge in [-0.3, -0.25) is 4.79 Å². The molecule has 0 bridgehead atoms. The lowest BCUT2D eigenvalue weighted by molar-refractivity contribution is 0.0693. The zero-order valence-electron chi connectivity index (χ0n) is 9.40. The number of carboxylic acid groups (broad SMARTS) is 1. The Morgan fingerprint density at radius 3 is 2.75 bits per heavy atom. The second-order valence-electron chi connectivity index (χ2n) is 3.35. The first kappa shape index (κ1) is 12.4. The van der Waals surface area contributed by atoms with E-state index in [4.69, 9.17) is 9.84 Å². The molecule has 0 spiro atoms. The van der Waals surface area contributed by atoms with Crippen molar-refractivity contribution < 1.29 is 14.6 Å². The largest absolute Gasteiger partial charge is 0.477 e. The number of pyridine rings is 1. The number of carbonyl (C=O) groups is 1. The Bertz CT molecular complexity index is 436. The summed E-state index contributed by atoms with van der Waals surface area (Å²) in [6, 6.07) is 2.95. The van der Waals surface area contributed by atoms with Gasteiger partial charge in [0.15, 0.2) is 0 Å². The predicted molar refractivity (Wildman–Crippen MR) is 58.9 cm³/mol. The molecule has 0 saturated heterocycles. The lowest BCUT2D eigenvalue weighted by Gasteiger charge is -2.10. The molecule has 0 aliphatic rings. The molecular formula is C11H15NO4. The van der Waals surface area contributed by atoms with E-state index in [-0.39, 0.29) is 5.56 Å². The fourth-order valence-corrected chi connectivity index (χ4v) is 1.41. The normalized spacial score (nSPS) is 10.4. The number of aryl methyl sites for hydroxylation is 1. The topological polar surface area (TPSA) is 68.5 Å². The molecule has 1 aromatic rings. The molecule has 0 aliphatic heterocycles. The fraction of sp³-hybridized carbons (Fsp3) is 0.455. The highest BCUT2D eigenvalue weighted by atomic mass is 16.5. The molecule has 0 aliphatic carbocycles. The quantitative estimate of drug-likeness (QED) is 0.756. The van der Waals surface area contributed by atoms with E-state index in [1.165, 1.54) is 10.6 Å². The number of aromatic nitrogens is 1. The van der Waals surface area contributed by atoms with E-state index >= 15 is 0 Å². The van der Waals surface area contributed by atoms with Crippen molar-refractivity contribution in [2.75, 3.05) is 13.2 Å². The first-order chi connectivity index (χ1) is 7.57. The van der Waals surface area contributed by atoms with Crippen molar-refractivity contribution in [3.63, 3.8) is 0 Å². The zero-order valence-corrected chi connectivity index (χ0v) is 9.40. The number of nitrogens with zero attached hydrogens (tertiary/aromatic N) is 1. The van der Waals surface area contributed by atoms with E-state index < -0.39 is 11.5 Å². The highest BCUT2D eigenvalue weighted by molar-refractivity contribution is 5.87. The van der Waals surface area contributed by atoms with Gasteiger partial charge < -0.3 is 14.4 Å². The average molecular weight is 225 g/mol. The molecule has 5 heteroatoms. The highest BCUT2D eigenvalue weighted by Gasteiger charge is 2.11. The monoisotopic (exact) mass is 225 g/mol. The minimum Gasteiger partial charge on any atom is -0.477 e. The summed E-state index contributed by atoms with van der Waals surface area (Å²) in [6.07, 6.45) is 0. The molecule has 16 heavy (non-hydrogen) atoms. The maximum absolute atomic E-state index is 11.8. The molecule has 1 rings (SSSR count). The van der Waals surface area contributed by atoms with Crippen LogP contribution in [-0.2, 0) is 11.3 Å². The van der Waals surface area contributed by atoms with Crippen molar-refractivity contribution in [1.82, 2.24) is 4.57 Å². The van der Waals surface area contributed by atoms with Crippen LogP contribution >= 0.6 is 0 Å². The molecule has 1 aromatic heterocycles. The third-order valence-electron chi connectivity index (χ3n) is 2.29. The summed E-state index contributed by atoms with van der Waals surface area (Å²) < 4.78 is 6.56. The van der Waals surface area contributed by atoms with Crippen LogP contribution in [0, 0.1) is 6.92 Å². The number of hydrogen-bond donors (Lipinski definition) is 1. The van der Waals surface area contributed by atoms with E-state index in [2.05, 4.69) is 0 Å². The molecule has 0 amide bonds. The minimum absolute atomic E-state index is 0.206. The van der Waals surface area contributed by atoms with Crippen molar-refractivity contribution in [2.24, 2.45) is 0 Å². The summed E-state index contributed by atoms with van der Waals surface area (Å²) in [5, 5.41) is 8.81. The summed E-state index contributed by atoms with van der Waals surface area (Å²) in [5.41, 5.74) is 0.0454. The molecule has 88 valence electrons. The molecule has 0 aromatic carbocycles. The maximum Gasteiger partial charge on any atom is 0.341 e. The molecule has 5 nitrogen and oxygen atoms in total. The van der Waals surface area contributed by atoms with Gasteiger partial charge in [0.1, 0.15) is 5.56 Å². The van der Waals surface area contributed by atoms with Crippen LogP contribution in [-0.4, -0.2) is 28.9 Å². The van der Waals surface area contributed by atoms with E-state index in [1.807, 2.05) is 6.92 Å². The number of carboxylic acids is 1. The molecule has 1 N–H and O–H groups in total. The summed E-state index contributed by atoms with van der Waals surface area (Å²) in [7, 11) is 0. The Kier molecular flexibility index (Phi) is 4.25. The van der Waals surface area contributed by atoms with E-state index in [1.54, 1.807) is 13.0 Å². The Morgan fingerprint density at radius 2 is 2.19 bits per heavy atom. The van der Waals surface area contributed by atoms with Crippen LogP contribution in [0.3, 0.4) is 0 Å². The Labute approximate surface area is 93.3 Å². The molecule has 0 fully saturated rings. The molecule has 1 heterocycles. The van der Waals surface area contributed by atoms with Crippen molar-refractivity contribution in [3.05, 3.63) is 33.7 Å². The van der Waals surface area contributed by atoms with Crippen LogP contribution in [0.5, 0.6) is 0 Å². The Morgan fingerprint density at radius 1 is 1.50 bits per heavy atom. The average Bonchev–Trinajstić information content (AvgIpc) is 2.22. The van der Waals surface area contributed by atoms with Crippen molar-refractivity contribution in [1.29, 1.82) is 0 Å². The van der Waals surface area contributed by atoms with Crippen molar-refractivity contribution >= 4 is 5.97 Å². The second kappa shape index (κ2) is 5.46. The van der Waals surface area contributed by atoms with Crippen LogP contribution in [0.1, 0.15) is 23.0 Å². The Hall–Kier alpha value is -1.62. The van der Waals surface area contributed by atoms with Crippen LogP contribution in [0.25, 0.3) is 0 Å². The SMILES string of the molecule is CCOCCn1c(C)ccc(C(=O)O)c1=O. The van der Waals surface area contributed by atoms with Crippen LogP contribution < -0.4 is 5.56 Å². The number of aromatic carboxylic acids is 1. The third-order valence-corrected chi connectivity index (χ3v) is 2.29. The van der Waals surface area contributed by atoms with Crippen LogP contribution in [0.4, 0.5) is 0 Å². The molecule has 0 unspecified atom stereocenters. The van der Waals surface area contributed by atoms with Gasteiger partial charge in [0, 0.05) is 18.8 Å². The van der Waals surface area contributed by atoms with Crippen molar-refractivity contribution in [3.8, 4) is 0 Å². The first-order valence-electron chi connectivity index (χ1n) is 5.09. The predicted octanol–water partition coefficient (Wildman–Crippen LogP) is 0.891. The van der Waals surface area contributed by atoms with Gasteiger partial charge in [-0.05, 0) is 26.0 Å². The molecule has 0 saturated carbocycles. The van der Waals surface area contributed by atoms with Crippen LogP contribution in [0.15, 0.2) is 16.9 Å². The van der Waals surface area contributed by atoms with E-state index in [0.29, 0.717) is 19.8 Å². The Balaban J connectivity index is 3.02. The molecular weight excluding hydrogens is 210 g/mol. The van der Waals surface area contributed by atoms with Gasteiger partial charge >= 0.3 is 5.97 Å². The summed E-state index contributed by atoms with van der Waals surface area (Å²) >= 11 is 0. The van der Waals surface area contributed by atoms with Gasteiger partial charge in [-0.2, -0.15) is 0 Å². The first-order valence-corrected chi connectivity index (χ1v) is 5.09. The smallest absolute Gasteiger partial charge is 0.341 e. The van der Waals surface area contributed by atoms with Gasteiger partial charge in [-0.15, -0.1) is 0 Å². The lowest BCUT2D eigenvalue weighted by Crippen LogP contribution is -2.29. The third kappa shape index (κ3) is 2.70. The summed E-state index contributed by atoms with van der Waals surface area (Å²) in [5.74, 6) is -1.20. The van der Waals surface area contributed by atoms with Crippen molar-refractivity contribution in [2.45, 2.75) is 20.4 Å². The molecule has 0 atom stereocenters. The fourth-order valence-electron chi connectivity index (χ4n) is 1.41. The number of ether oxygens (including phenoxy) is 1. The minimum atomic E-state index is -1.20. The summed E-state index contributed by atoms with van der Waals surface area (Å²) in [6.45, 7) is 4.98. The van der Waals surface area contributed by atoms with E-state index in [9.17, 15) is 9.59 Å². The molecule has 0 radical (unpaired) electrons. The lowest BCUT2D eigenvalue weighted by atomic mass is 10.2. The summed E-state index contributed by atoms with van der Waals surface area (Å²) in [4.78, 5) is 22.5. The van der Waals surface area contributed by atoms with Gasteiger partial charge in [-0.25, -0.2) is 4.79 Å². The van der Waals surface area contributed by atoms with Gasteiger partial charge in [0.05, 0.1) is 6.61 Å². The van der Waals surface area contributed by atoms with Gasteiger partial charge in [0.25, 0.3) is 5.56 Å². The van der Waals surface area contributed by atoms with E-state index in [0.717, 1.165) is 5.69 Å². The van der Waals surface area contributed by atoms with Gasteiger partial charge in [-0.1, -0.05) is 0 Å². The zero-order chi connectivity index (χ0) is 12.1. The number of hydrogen-bond acceptors (Lipinski definition) is 3.